The maximum atomic E-state index is 11.7. The van der Waals surface area contributed by atoms with Crippen LogP contribution in [-0.4, -0.2) is 396 Å². The Labute approximate surface area is 512 Å². The molecule has 21 fully saturated rings. The Bertz CT molecular complexity index is 2190. The quantitative estimate of drug-likeness (QED) is 0.0724. The summed E-state index contributed by atoms with van der Waals surface area (Å²) in [5.74, 6) is -4.70. The molecule has 516 valence electrons. The number of rotatable bonds is 15. The SMILES string of the molecule is C[C@H](CSCC1O[C@@H]2O[C@@H]3C(CO)O[C@@H](O[C@@H]4C(CO)O[C@@H](O[C@@H]5C(CSC[C@@H](N)C(=O)O)OC(O[C@@H]6C(CO)O[C@H](O[C@@H]7C(CO)O[C@H](O[C@@H]8C(CO)O[C@H](O[C@@H]1[C@H](O)C2O)C(O)[C@H]8O)[C@@H](O)C7O)[C@@H](O)C6O)C(O)[C@H]5O)[C@@H](O)C4O)[C@@H](O)C3O)C(=O)O. The fourth-order valence-electron chi connectivity index (χ4n) is 11.2. The van der Waals surface area contributed by atoms with Crippen LogP contribution in [0.3, 0.4) is 0 Å². The third-order valence-electron chi connectivity index (χ3n) is 16.4. The first-order chi connectivity index (χ1) is 42.2. The zero-order chi connectivity index (χ0) is 65.2. The summed E-state index contributed by atoms with van der Waals surface area (Å²) in [5.41, 5.74) is 5.70. The molecular weight excluding hydrogens is 1260 g/mol. The highest BCUT2D eigenvalue weighted by atomic mass is 32.2. The number of carboxylic acids is 2. The summed E-state index contributed by atoms with van der Waals surface area (Å²) in [6.45, 7) is -4.01. The van der Waals surface area contributed by atoms with Gasteiger partial charge in [0, 0.05) is 23.0 Å². The lowest BCUT2D eigenvalue weighted by Gasteiger charge is -2.50. The summed E-state index contributed by atoms with van der Waals surface area (Å²) >= 11 is 1.72. The monoisotopic (exact) mass is 1340 g/mol. The molecule has 21 aliphatic heterocycles. The van der Waals surface area contributed by atoms with Gasteiger partial charge in [0.05, 0.1) is 51.2 Å². The molecule has 0 aromatic carbocycles. The van der Waals surface area contributed by atoms with E-state index in [1.165, 1.54) is 6.92 Å². The van der Waals surface area contributed by atoms with E-state index in [2.05, 4.69) is 0 Å². The molecule has 89 heavy (non-hydrogen) atoms. The number of aliphatic hydroxyl groups excluding tert-OH is 19. The molecule has 0 radical (unpaired) electrons. The lowest BCUT2D eigenvalue weighted by molar-refractivity contribution is -0.395. The number of hydrogen-bond acceptors (Lipinski definition) is 38. The van der Waals surface area contributed by atoms with Crippen LogP contribution in [0, 0.1) is 5.92 Å². The molecule has 0 saturated carbocycles. The van der Waals surface area contributed by atoms with Crippen molar-refractivity contribution in [1.29, 1.82) is 0 Å². The summed E-state index contributed by atoms with van der Waals surface area (Å²) < 4.78 is 81.8. The van der Waals surface area contributed by atoms with E-state index in [0.29, 0.717) is 0 Å². The normalized spacial score (nSPS) is 50.1. The Morgan fingerprint density at radius 2 is 0.506 bits per heavy atom. The highest BCUT2D eigenvalue weighted by Gasteiger charge is 2.60. The smallest absolute Gasteiger partial charge is 0.321 e. The molecule has 23 N–H and O–H groups in total. The number of carbonyl (C=O) groups is 2. The van der Waals surface area contributed by atoms with Gasteiger partial charge in [-0.25, -0.2) is 0 Å². The van der Waals surface area contributed by atoms with Crippen molar-refractivity contribution in [1.82, 2.24) is 0 Å². The molecule has 21 aliphatic rings. The van der Waals surface area contributed by atoms with Crippen LogP contribution in [0.4, 0.5) is 0 Å². The fourth-order valence-corrected chi connectivity index (χ4v) is 13.4. The Hall–Kier alpha value is -1.72. The number of thioether (sulfide) groups is 2. The van der Waals surface area contributed by atoms with Crippen LogP contribution in [0.1, 0.15) is 6.92 Å². The van der Waals surface area contributed by atoms with Crippen molar-refractivity contribution < 1.29 is 183 Å². The zero-order valence-corrected chi connectivity index (χ0v) is 48.7. The van der Waals surface area contributed by atoms with Gasteiger partial charge in [-0.2, -0.15) is 23.5 Å². The summed E-state index contributed by atoms with van der Waals surface area (Å²) in [6.07, 6.45) is -70.9. The Morgan fingerprint density at radius 3 is 0.697 bits per heavy atom. The minimum atomic E-state index is -2.25. The van der Waals surface area contributed by atoms with Crippen LogP contribution in [-0.2, 0) is 75.9 Å². The Balaban J connectivity index is 1.11. The average molecular weight is 1340 g/mol. The van der Waals surface area contributed by atoms with Crippen LogP contribution in [0.25, 0.3) is 0 Å². The topological polar surface area (TPSA) is 614 Å². The van der Waals surface area contributed by atoms with Gasteiger partial charge in [0.15, 0.2) is 44.0 Å². The molecule has 0 aliphatic carbocycles. The van der Waals surface area contributed by atoms with Gasteiger partial charge in [-0.15, -0.1) is 0 Å². The molecule has 21 saturated heterocycles. The zero-order valence-electron chi connectivity index (χ0n) is 47.0. The van der Waals surface area contributed by atoms with Gasteiger partial charge in [0.1, 0.15) is 165 Å². The second kappa shape index (κ2) is 31.9. The Kier molecular flexibility index (Phi) is 26.2. The third kappa shape index (κ3) is 15.9. The minimum Gasteiger partial charge on any atom is -0.481 e. The van der Waals surface area contributed by atoms with Gasteiger partial charge in [0.25, 0.3) is 0 Å². The molecule has 14 bridgehead atoms. The van der Waals surface area contributed by atoms with E-state index in [4.69, 9.17) is 72.0 Å². The molecule has 0 spiro atoms. The number of aliphatic hydroxyl groups is 19. The van der Waals surface area contributed by atoms with Gasteiger partial charge in [-0.3, -0.25) is 9.59 Å². The predicted molar refractivity (Wildman–Crippen MR) is 281 cm³/mol. The number of nitrogens with two attached hydrogens (primary N) is 1. The number of ether oxygens (including phenoxy) is 14. The van der Waals surface area contributed by atoms with E-state index in [-0.39, 0.29) is 23.0 Å². The Morgan fingerprint density at radius 1 is 0.315 bits per heavy atom. The third-order valence-corrected chi connectivity index (χ3v) is 18.9. The van der Waals surface area contributed by atoms with Crippen LogP contribution in [0.15, 0.2) is 0 Å². The maximum Gasteiger partial charge on any atom is 0.321 e. The molecule has 21 rings (SSSR count). The van der Waals surface area contributed by atoms with Crippen molar-refractivity contribution in [2.45, 2.75) is 228 Å². The summed E-state index contributed by atoms with van der Waals surface area (Å²) in [4.78, 5) is 23.3. The first kappa shape index (κ1) is 73.1. The molecule has 21 heterocycles. The van der Waals surface area contributed by atoms with Crippen molar-refractivity contribution >= 4 is 35.5 Å². The predicted octanol–water partition coefficient (Wildman–Crippen LogP) is -13.6. The molecule has 40 heteroatoms. The van der Waals surface area contributed by atoms with Crippen molar-refractivity contribution in [3.63, 3.8) is 0 Å². The highest BCUT2D eigenvalue weighted by Crippen LogP contribution is 2.40. The number of carboxylic acid groups (broad SMARTS) is 2. The van der Waals surface area contributed by atoms with E-state index >= 15 is 0 Å². The standard InChI is InChI=1S/C49H81NO37S2/c1-11(41(70)71)7-88-9-18-39-25(61)32(68)48(79-18)84-37-16(5-54)75-45(28(64)21(37)57)83-36-15(4-53)78-47(31(67)24(36)60)87-40-19(10-89-8-12(50)42(72)73)80-49(33(69)26(40)62)85-38-17(6-55)76-44(29(65)22(38)58)81-34-13(2-51)74-43(27(63)20(34)56)82-35-14(3-52)77-46(86-39)30(66)23(35)59/h11-40,43-49,51-69H,2-10,50H2,1H3,(H,70,71)(H,72,73)/t11-,12-,13?,14?,15?,16?,17?,18?,19?,20?,21?,22?,23-,24?,25-,26-,27+,28+,29+,30?,31+,32?,33?,34-,35-,36-,37-,38-,39+,40-,43-,44-,45+,46-,47+,48-,49?/m1/s1. The molecule has 0 aromatic rings. The molecule has 0 aromatic heterocycles. The first-order valence-corrected chi connectivity index (χ1v) is 30.6. The van der Waals surface area contributed by atoms with E-state index in [9.17, 15) is 117 Å². The lowest BCUT2D eigenvalue weighted by atomic mass is 9.95. The summed E-state index contributed by atoms with van der Waals surface area (Å²) in [6, 6.07) is -1.46. The summed E-state index contributed by atoms with van der Waals surface area (Å²) in [5, 5.41) is 233. The van der Waals surface area contributed by atoms with Gasteiger partial charge in [0.2, 0.25) is 0 Å². The highest BCUT2D eigenvalue weighted by molar-refractivity contribution is 7.99. The van der Waals surface area contributed by atoms with E-state index in [1.807, 2.05) is 0 Å². The van der Waals surface area contributed by atoms with Gasteiger partial charge < -0.3 is 179 Å². The second-order valence-corrected chi connectivity index (χ2v) is 24.7. The average Bonchev–Trinajstić information content (AvgIpc) is 0.983. The van der Waals surface area contributed by atoms with E-state index in [1.54, 1.807) is 0 Å². The summed E-state index contributed by atoms with van der Waals surface area (Å²) in [7, 11) is 0. The van der Waals surface area contributed by atoms with Crippen molar-refractivity contribution in [3.8, 4) is 0 Å². The van der Waals surface area contributed by atoms with Crippen LogP contribution in [0.5, 0.6) is 0 Å². The minimum absolute atomic E-state index is 0.0967. The molecule has 38 nitrogen and oxygen atoms in total. The molecule has 0 amide bonds. The maximum absolute atomic E-state index is 11.7. The fraction of sp³-hybridized carbons (Fsp3) is 0.959. The first-order valence-electron chi connectivity index (χ1n) is 28.3. The van der Waals surface area contributed by atoms with Crippen molar-refractivity contribution in [2.75, 3.05) is 56.0 Å². The molecular formula is C49H81NO37S2. The van der Waals surface area contributed by atoms with Crippen LogP contribution < -0.4 is 5.73 Å². The van der Waals surface area contributed by atoms with Gasteiger partial charge in [-0.1, -0.05) is 6.92 Å². The largest absolute Gasteiger partial charge is 0.481 e. The van der Waals surface area contributed by atoms with Crippen LogP contribution in [0.2, 0.25) is 0 Å². The van der Waals surface area contributed by atoms with Gasteiger partial charge in [-0.05, 0) is 0 Å². The second-order valence-electron chi connectivity index (χ2n) is 22.5. The van der Waals surface area contributed by atoms with Crippen LogP contribution >= 0.6 is 23.5 Å². The number of hydrogen-bond donors (Lipinski definition) is 22. The van der Waals surface area contributed by atoms with Gasteiger partial charge >= 0.3 is 11.9 Å². The lowest BCUT2D eigenvalue weighted by Crippen LogP contribution is -2.68. The van der Waals surface area contributed by atoms with Crippen molar-refractivity contribution in [2.24, 2.45) is 11.7 Å². The molecule has 37 atom stereocenters. The van der Waals surface area contributed by atoms with E-state index < -0.39 is 272 Å². The van der Waals surface area contributed by atoms with E-state index in [0.717, 1.165) is 23.5 Å². The van der Waals surface area contributed by atoms with Crippen molar-refractivity contribution in [3.05, 3.63) is 0 Å². The number of aliphatic carboxylic acids is 2. The molecule has 15 unspecified atom stereocenters.